The van der Waals surface area contributed by atoms with E-state index in [0.717, 1.165) is 10.2 Å². The summed E-state index contributed by atoms with van der Waals surface area (Å²) >= 11 is 9.41. The predicted molar refractivity (Wildman–Crippen MR) is 94.7 cm³/mol. The lowest BCUT2D eigenvalue weighted by molar-refractivity contribution is -0.122. The van der Waals surface area contributed by atoms with Crippen molar-refractivity contribution in [2.24, 2.45) is 5.92 Å². The second kappa shape index (κ2) is 6.72. The first-order valence-corrected chi connectivity index (χ1v) is 8.33. The molecule has 2 aromatic carbocycles. The molecule has 1 heterocycles. The molecule has 2 amide bonds. The Bertz CT molecular complexity index is 749. The van der Waals surface area contributed by atoms with Gasteiger partial charge in [-0.2, -0.15) is 0 Å². The van der Waals surface area contributed by atoms with E-state index in [9.17, 15) is 9.59 Å². The van der Waals surface area contributed by atoms with Gasteiger partial charge >= 0.3 is 0 Å². The maximum Gasteiger partial charge on any atom is 0.229 e. The number of nitrogens with one attached hydrogen (secondary N) is 1. The summed E-state index contributed by atoms with van der Waals surface area (Å²) in [6.45, 7) is 0.372. The highest BCUT2D eigenvalue weighted by Crippen LogP contribution is 2.28. The number of rotatable bonds is 3. The van der Waals surface area contributed by atoms with Crippen LogP contribution >= 0.6 is 27.5 Å². The number of halogens is 2. The van der Waals surface area contributed by atoms with E-state index < -0.39 is 0 Å². The topological polar surface area (TPSA) is 49.4 Å². The average molecular weight is 394 g/mol. The molecule has 0 spiro atoms. The summed E-state index contributed by atoms with van der Waals surface area (Å²) in [4.78, 5) is 26.2. The van der Waals surface area contributed by atoms with E-state index in [0.29, 0.717) is 17.3 Å². The van der Waals surface area contributed by atoms with Crippen LogP contribution in [0.1, 0.15) is 6.42 Å². The molecular weight excluding hydrogens is 380 g/mol. The van der Waals surface area contributed by atoms with Crippen molar-refractivity contribution in [1.29, 1.82) is 0 Å². The van der Waals surface area contributed by atoms with Crippen LogP contribution < -0.4 is 10.2 Å². The lowest BCUT2D eigenvalue weighted by Gasteiger charge is -2.17. The van der Waals surface area contributed by atoms with E-state index in [1.807, 2.05) is 24.3 Å². The van der Waals surface area contributed by atoms with Crippen molar-refractivity contribution in [2.45, 2.75) is 6.42 Å². The van der Waals surface area contributed by atoms with Gasteiger partial charge in [0.15, 0.2) is 0 Å². The Kier molecular flexibility index (Phi) is 4.68. The third-order valence-corrected chi connectivity index (χ3v) is 4.62. The third kappa shape index (κ3) is 3.57. The van der Waals surface area contributed by atoms with E-state index in [1.165, 1.54) is 0 Å². The van der Waals surface area contributed by atoms with Crippen LogP contribution in [0.15, 0.2) is 53.0 Å². The zero-order valence-corrected chi connectivity index (χ0v) is 14.5. The van der Waals surface area contributed by atoms with Gasteiger partial charge in [-0.15, -0.1) is 0 Å². The van der Waals surface area contributed by atoms with Crippen molar-refractivity contribution in [3.05, 3.63) is 58.0 Å². The zero-order valence-electron chi connectivity index (χ0n) is 12.1. The molecule has 6 heteroatoms. The maximum atomic E-state index is 12.4. The maximum absolute atomic E-state index is 12.4. The van der Waals surface area contributed by atoms with Crippen LogP contribution in [0.2, 0.25) is 5.02 Å². The predicted octanol–water partition coefficient (Wildman–Crippen LogP) is 4.09. The normalized spacial score (nSPS) is 17.4. The van der Waals surface area contributed by atoms with Crippen molar-refractivity contribution in [1.82, 2.24) is 0 Å². The van der Waals surface area contributed by atoms with E-state index in [1.54, 1.807) is 29.2 Å². The van der Waals surface area contributed by atoms with Crippen molar-refractivity contribution in [2.75, 3.05) is 16.8 Å². The second-order valence-corrected chi connectivity index (χ2v) is 6.67. The SMILES string of the molecule is O=C(Nc1ccccc1Cl)C1CC(=O)N(c2ccc(Br)cc2)C1. The fourth-order valence-corrected chi connectivity index (χ4v) is 3.00. The molecule has 4 nitrogen and oxygen atoms in total. The fourth-order valence-electron chi connectivity index (χ4n) is 2.55. The highest BCUT2D eigenvalue weighted by Gasteiger charge is 2.35. The summed E-state index contributed by atoms with van der Waals surface area (Å²) in [6, 6.07) is 14.5. The Morgan fingerprint density at radius 3 is 2.57 bits per heavy atom. The highest BCUT2D eigenvalue weighted by atomic mass is 79.9. The van der Waals surface area contributed by atoms with Gasteiger partial charge in [0, 0.05) is 23.1 Å². The fraction of sp³-hybridized carbons (Fsp3) is 0.176. The lowest BCUT2D eigenvalue weighted by atomic mass is 10.1. The molecular formula is C17H14BrClN2O2. The largest absolute Gasteiger partial charge is 0.324 e. The average Bonchev–Trinajstić information content (AvgIpc) is 2.92. The molecule has 0 bridgehead atoms. The van der Waals surface area contributed by atoms with Crippen LogP contribution in [-0.2, 0) is 9.59 Å². The molecule has 1 aliphatic heterocycles. The van der Waals surface area contributed by atoms with Crippen LogP contribution in [0.3, 0.4) is 0 Å². The summed E-state index contributed by atoms with van der Waals surface area (Å²) < 4.78 is 0.945. The van der Waals surface area contributed by atoms with Gasteiger partial charge in [0.2, 0.25) is 11.8 Å². The number of benzene rings is 2. The molecule has 1 fully saturated rings. The lowest BCUT2D eigenvalue weighted by Crippen LogP contribution is -2.28. The number of amides is 2. The van der Waals surface area contributed by atoms with Crippen molar-refractivity contribution >= 4 is 50.7 Å². The van der Waals surface area contributed by atoms with Crippen LogP contribution in [0.25, 0.3) is 0 Å². The van der Waals surface area contributed by atoms with Gasteiger partial charge in [0.25, 0.3) is 0 Å². The van der Waals surface area contributed by atoms with E-state index >= 15 is 0 Å². The summed E-state index contributed by atoms with van der Waals surface area (Å²) in [6.07, 6.45) is 0.201. The highest BCUT2D eigenvalue weighted by molar-refractivity contribution is 9.10. The molecule has 0 aromatic heterocycles. The minimum Gasteiger partial charge on any atom is -0.324 e. The van der Waals surface area contributed by atoms with Gasteiger partial charge in [-0.3, -0.25) is 9.59 Å². The third-order valence-electron chi connectivity index (χ3n) is 3.77. The molecule has 1 atom stereocenters. The molecule has 2 aromatic rings. The first-order valence-electron chi connectivity index (χ1n) is 7.16. The zero-order chi connectivity index (χ0) is 16.4. The van der Waals surface area contributed by atoms with Crippen molar-refractivity contribution < 1.29 is 9.59 Å². The monoisotopic (exact) mass is 392 g/mol. The Morgan fingerprint density at radius 1 is 1.17 bits per heavy atom. The molecule has 1 N–H and O–H groups in total. The second-order valence-electron chi connectivity index (χ2n) is 5.35. The van der Waals surface area contributed by atoms with Crippen LogP contribution in [0.5, 0.6) is 0 Å². The Labute approximate surface area is 147 Å². The number of nitrogens with zero attached hydrogens (tertiary/aromatic N) is 1. The van der Waals surface area contributed by atoms with E-state index in [2.05, 4.69) is 21.2 Å². The smallest absolute Gasteiger partial charge is 0.229 e. The number of anilines is 2. The standard InChI is InChI=1S/C17H14BrClN2O2/c18-12-5-7-13(8-6-12)21-10-11(9-16(21)22)17(23)20-15-4-2-1-3-14(15)19/h1-8,11H,9-10H2,(H,20,23). The van der Waals surface area contributed by atoms with Gasteiger partial charge in [-0.25, -0.2) is 0 Å². The summed E-state index contributed by atoms with van der Waals surface area (Å²) in [7, 11) is 0. The Hall–Kier alpha value is -1.85. The van der Waals surface area contributed by atoms with Gasteiger partial charge in [-0.1, -0.05) is 39.7 Å². The van der Waals surface area contributed by atoms with E-state index in [-0.39, 0.29) is 24.2 Å². The Balaban J connectivity index is 1.71. The number of hydrogen-bond donors (Lipinski definition) is 1. The van der Waals surface area contributed by atoms with Gasteiger partial charge in [-0.05, 0) is 36.4 Å². The number of carbonyl (C=O) groups is 2. The Morgan fingerprint density at radius 2 is 1.87 bits per heavy atom. The van der Waals surface area contributed by atoms with Gasteiger partial charge < -0.3 is 10.2 Å². The number of para-hydroxylation sites is 1. The van der Waals surface area contributed by atoms with Crippen LogP contribution in [0, 0.1) is 5.92 Å². The molecule has 0 radical (unpaired) electrons. The first-order chi connectivity index (χ1) is 11.0. The van der Waals surface area contributed by atoms with Crippen LogP contribution in [-0.4, -0.2) is 18.4 Å². The minimum absolute atomic E-state index is 0.0494. The summed E-state index contributed by atoms with van der Waals surface area (Å²) in [5.74, 6) is -0.625. The molecule has 3 rings (SSSR count). The molecule has 0 saturated carbocycles. The molecule has 1 unspecified atom stereocenters. The molecule has 1 saturated heterocycles. The van der Waals surface area contributed by atoms with Gasteiger partial charge in [0.1, 0.15) is 0 Å². The quantitative estimate of drug-likeness (QED) is 0.854. The first kappa shape index (κ1) is 16.0. The van der Waals surface area contributed by atoms with Crippen molar-refractivity contribution in [3.63, 3.8) is 0 Å². The minimum atomic E-state index is -0.387. The molecule has 0 aliphatic carbocycles. The number of hydrogen-bond acceptors (Lipinski definition) is 2. The van der Waals surface area contributed by atoms with E-state index in [4.69, 9.17) is 11.6 Å². The van der Waals surface area contributed by atoms with Gasteiger partial charge in [0.05, 0.1) is 16.6 Å². The van der Waals surface area contributed by atoms with Crippen LogP contribution in [0.4, 0.5) is 11.4 Å². The van der Waals surface area contributed by atoms with Crippen molar-refractivity contribution in [3.8, 4) is 0 Å². The molecule has 1 aliphatic rings. The summed E-state index contributed by atoms with van der Waals surface area (Å²) in [5.41, 5.74) is 1.36. The molecule has 23 heavy (non-hydrogen) atoms. The summed E-state index contributed by atoms with van der Waals surface area (Å²) in [5, 5.41) is 3.28. The number of carbonyl (C=O) groups excluding carboxylic acids is 2. The molecule has 118 valence electrons.